The molecule has 0 aliphatic carbocycles. The summed E-state index contributed by atoms with van der Waals surface area (Å²) in [6.07, 6.45) is 1.97. The molecule has 224 valence electrons. The van der Waals surface area contributed by atoms with E-state index < -0.39 is 23.8 Å². The van der Waals surface area contributed by atoms with Crippen molar-refractivity contribution in [1.29, 1.82) is 0 Å². The molecule has 0 N–H and O–H groups in total. The first-order valence-electron chi connectivity index (χ1n) is 14.7. The first-order valence-corrected chi connectivity index (χ1v) is 14.7. The Bertz CT molecular complexity index is 986. The van der Waals surface area contributed by atoms with Crippen LogP contribution in [0.4, 0.5) is 0 Å². The van der Waals surface area contributed by atoms with Gasteiger partial charge in [-0.05, 0) is 82.0 Å². The minimum Gasteiger partial charge on any atom is -0.462 e. The largest absolute Gasteiger partial charge is 0.462 e. The number of ether oxygens (including phenoxy) is 2. The summed E-state index contributed by atoms with van der Waals surface area (Å²) in [6.45, 7) is 18.7. The van der Waals surface area contributed by atoms with E-state index in [0.29, 0.717) is 25.7 Å². The molecule has 7 nitrogen and oxygen atoms in total. The fraction of sp³-hybridized carbons (Fsp3) is 0.727. The van der Waals surface area contributed by atoms with Crippen LogP contribution in [-0.2, 0) is 23.9 Å². The summed E-state index contributed by atoms with van der Waals surface area (Å²) in [7, 11) is 4.20. The number of carbonyl (C=O) groups excluding carboxylic acids is 3. The van der Waals surface area contributed by atoms with Crippen LogP contribution in [0.25, 0.3) is 0 Å². The van der Waals surface area contributed by atoms with Crippen molar-refractivity contribution in [3.05, 3.63) is 35.9 Å². The number of nitrogens with zero attached hydrogens (tertiary/aromatic N) is 2. The molecule has 2 fully saturated rings. The van der Waals surface area contributed by atoms with Gasteiger partial charge in [0.05, 0.1) is 0 Å². The molecule has 0 radical (unpaired) electrons. The number of ketones is 1. The molecule has 2 saturated heterocycles. The molecule has 0 saturated carbocycles. The molecule has 0 aromatic heterocycles. The summed E-state index contributed by atoms with van der Waals surface area (Å²) in [5.41, 5.74) is 0.00118. The minimum absolute atomic E-state index is 0.0493. The molecule has 1 aromatic carbocycles. The van der Waals surface area contributed by atoms with E-state index in [4.69, 9.17) is 9.47 Å². The smallest absolute Gasteiger partial charge is 0.321 e. The second-order valence-corrected chi connectivity index (χ2v) is 14.7. The average molecular weight is 557 g/mol. The summed E-state index contributed by atoms with van der Waals surface area (Å²) < 4.78 is 12.4. The number of hydrogen-bond acceptors (Lipinski definition) is 7. The zero-order valence-electron chi connectivity index (χ0n) is 26.7. The minimum atomic E-state index is -1.23. The van der Waals surface area contributed by atoms with Crippen molar-refractivity contribution >= 4 is 17.7 Å². The number of benzene rings is 1. The third-order valence-electron chi connectivity index (χ3n) is 9.75. The Kier molecular flexibility index (Phi) is 9.32. The summed E-state index contributed by atoms with van der Waals surface area (Å²) in [5, 5.41) is 0. The maximum atomic E-state index is 14.0. The first-order chi connectivity index (χ1) is 18.3. The normalized spacial score (nSPS) is 23.9. The lowest BCUT2D eigenvalue weighted by Crippen LogP contribution is -2.61. The predicted octanol–water partition coefficient (Wildman–Crippen LogP) is 5.75. The lowest BCUT2D eigenvalue weighted by Gasteiger charge is -2.53. The van der Waals surface area contributed by atoms with Gasteiger partial charge >= 0.3 is 11.9 Å². The molecular weight excluding hydrogens is 504 g/mol. The van der Waals surface area contributed by atoms with Crippen LogP contribution >= 0.6 is 0 Å². The molecule has 2 heterocycles. The number of likely N-dealkylation sites (tertiary alicyclic amines) is 2. The Morgan fingerprint density at radius 3 is 1.40 bits per heavy atom. The molecule has 7 heteroatoms. The van der Waals surface area contributed by atoms with Crippen LogP contribution < -0.4 is 0 Å². The third kappa shape index (κ3) is 7.14. The fourth-order valence-electron chi connectivity index (χ4n) is 7.06. The van der Waals surface area contributed by atoms with E-state index in [1.54, 1.807) is 0 Å². The highest BCUT2D eigenvalue weighted by molar-refractivity contribution is 5.97. The van der Waals surface area contributed by atoms with E-state index >= 15 is 0 Å². The lowest BCUT2D eigenvalue weighted by molar-refractivity contribution is -0.178. The van der Waals surface area contributed by atoms with Gasteiger partial charge in [0.1, 0.15) is 18.0 Å². The van der Waals surface area contributed by atoms with Gasteiger partial charge in [0, 0.05) is 60.2 Å². The van der Waals surface area contributed by atoms with Crippen molar-refractivity contribution in [3.63, 3.8) is 0 Å². The Morgan fingerprint density at radius 2 is 1.07 bits per heavy atom. The standard InChI is InChI=1S/C33H52N2O5/c1-22(36)17-26(23-15-13-12-14-16-23)27(28(37)39-24-18-30(2,3)34(10)31(4,5)19-24)29(38)40-25-20-32(6,7)35(11)33(8,9)21-25/h12-16,24-27H,17-21H2,1-11H3. The van der Waals surface area contributed by atoms with Gasteiger partial charge in [-0.2, -0.15) is 0 Å². The van der Waals surface area contributed by atoms with E-state index in [1.165, 1.54) is 6.92 Å². The molecule has 1 atom stereocenters. The van der Waals surface area contributed by atoms with Crippen molar-refractivity contribution in [1.82, 2.24) is 9.80 Å². The Morgan fingerprint density at radius 1 is 0.725 bits per heavy atom. The van der Waals surface area contributed by atoms with E-state index in [-0.39, 0.29) is 46.6 Å². The second-order valence-electron chi connectivity index (χ2n) is 14.7. The second kappa shape index (κ2) is 11.6. The van der Waals surface area contributed by atoms with E-state index in [9.17, 15) is 14.4 Å². The molecule has 40 heavy (non-hydrogen) atoms. The maximum Gasteiger partial charge on any atom is 0.321 e. The van der Waals surface area contributed by atoms with Gasteiger partial charge < -0.3 is 14.3 Å². The molecule has 0 spiro atoms. The SMILES string of the molecule is CC(=O)CC(c1ccccc1)C(C(=O)OC1CC(C)(C)N(C)C(C)(C)C1)C(=O)OC1CC(C)(C)N(C)C(C)(C)C1. The zero-order chi connectivity index (χ0) is 30.3. The predicted molar refractivity (Wildman–Crippen MR) is 158 cm³/mol. The molecular formula is C33H52N2O5. The Hall–Kier alpha value is -2.25. The molecule has 2 aliphatic rings. The van der Waals surface area contributed by atoms with Gasteiger partial charge in [-0.25, -0.2) is 0 Å². The number of carbonyl (C=O) groups is 3. The lowest BCUT2D eigenvalue weighted by atomic mass is 9.78. The van der Waals surface area contributed by atoms with Crippen LogP contribution in [0.1, 0.15) is 106 Å². The highest BCUT2D eigenvalue weighted by atomic mass is 16.6. The van der Waals surface area contributed by atoms with Crippen molar-refractivity contribution in [2.24, 2.45) is 5.92 Å². The van der Waals surface area contributed by atoms with E-state index in [0.717, 1.165) is 5.56 Å². The fourth-order valence-corrected chi connectivity index (χ4v) is 7.06. The van der Waals surface area contributed by atoms with Gasteiger partial charge in [0.25, 0.3) is 0 Å². The maximum absolute atomic E-state index is 14.0. The highest BCUT2D eigenvalue weighted by Crippen LogP contribution is 2.41. The third-order valence-corrected chi connectivity index (χ3v) is 9.75. The topological polar surface area (TPSA) is 76.2 Å². The molecule has 3 rings (SSSR count). The number of Topliss-reactive ketones (excluding diaryl/α,β-unsaturated/α-hetero) is 1. The summed E-state index contributed by atoms with van der Waals surface area (Å²) in [5.74, 6) is -3.20. The summed E-state index contributed by atoms with van der Waals surface area (Å²) >= 11 is 0. The summed E-state index contributed by atoms with van der Waals surface area (Å²) in [4.78, 5) is 45.2. The molecule has 0 bridgehead atoms. The molecule has 2 aliphatic heterocycles. The molecule has 0 amide bonds. The van der Waals surface area contributed by atoms with Gasteiger partial charge in [0.2, 0.25) is 0 Å². The number of rotatable bonds is 8. The van der Waals surface area contributed by atoms with Crippen molar-refractivity contribution < 1.29 is 23.9 Å². The molecule has 1 unspecified atom stereocenters. The quantitative estimate of drug-likeness (QED) is 0.298. The van der Waals surface area contributed by atoms with E-state index in [2.05, 4.69) is 79.3 Å². The van der Waals surface area contributed by atoms with Crippen molar-refractivity contribution in [2.45, 2.75) is 135 Å². The first kappa shape index (κ1) is 32.3. The van der Waals surface area contributed by atoms with Gasteiger partial charge in [-0.15, -0.1) is 0 Å². The van der Waals surface area contributed by atoms with Gasteiger partial charge in [-0.3, -0.25) is 19.4 Å². The molecule has 1 aromatic rings. The van der Waals surface area contributed by atoms with Gasteiger partial charge in [-0.1, -0.05) is 30.3 Å². The monoisotopic (exact) mass is 556 g/mol. The van der Waals surface area contributed by atoms with Crippen LogP contribution in [0.3, 0.4) is 0 Å². The Labute approximate surface area is 242 Å². The van der Waals surface area contributed by atoms with Crippen LogP contribution in [0.15, 0.2) is 30.3 Å². The number of esters is 2. The average Bonchev–Trinajstić information content (AvgIpc) is 2.80. The number of hydrogen-bond donors (Lipinski definition) is 0. The zero-order valence-corrected chi connectivity index (χ0v) is 26.7. The summed E-state index contributed by atoms with van der Waals surface area (Å²) in [6, 6.07) is 9.33. The van der Waals surface area contributed by atoms with Crippen molar-refractivity contribution in [3.8, 4) is 0 Å². The van der Waals surface area contributed by atoms with Crippen LogP contribution in [-0.4, -0.2) is 76.0 Å². The van der Waals surface area contributed by atoms with Gasteiger partial charge in [0.15, 0.2) is 5.92 Å². The van der Waals surface area contributed by atoms with E-state index in [1.807, 2.05) is 30.3 Å². The van der Waals surface area contributed by atoms with Crippen LogP contribution in [0, 0.1) is 5.92 Å². The Balaban J connectivity index is 1.95. The van der Waals surface area contributed by atoms with Crippen LogP contribution in [0.5, 0.6) is 0 Å². The number of piperidine rings is 2. The van der Waals surface area contributed by atoms with Crippen molar-refractivity contribution in [2.75, 3.05) is 14.1 Å². The van der Waals surface area contributed by atoms with Crippen LogP contribution in [0.2, 0.25) is 0 Å². The highest BCUT2D eigenvalue weighted by Gasteiger charge is 2.49.